The minimum absolute atomic E-state index is 0.0176. The molecule has 0 radical (unpaired) electrons. The van der Waals surface area contributed by atoms with E-state index in [4.69, 9.17) is 14.2 Å². The zero-order chi connectivity index (χ0) is 16.8. The summed E-state index contributed by atoms with van der Waals surface area (Å²) >= 11 is 0. The number of benzene rings is 1. The average Bonchev–Trinajstić information content (AvgIpc) is 3.07. The van der Waals surface area contributed by atoms with Crippen molar-refractivity contribution in [3.63, 3.8) is 0 Å². The zero-order valence-corrected chi connectivity index (χ0v) is 13.8. The fraction of sp³-hybridized carbons (Fsp3) is 0.611. The third kappa shape index (κ3) is 4.77. The molecule has 1 aliphatic heterocycles. The van der Waals surface area contributed by atoms with Crippen LogP contribution in [0.25, 0.3) is 0 Å². The van der Waals surface area contributed by atoms with Gasteiger partial charge in [0.25, 0.3) is 0 Å². The van der Waals surface area contributed by atoms with Crippen LogP contribution in [-0.4, -0.2) is 37.1 Å². The normalized spacial score (nSPS) is 18.2. The number of carbonyl (C=O) groups excluding carboxylic acids is 1. The highest BCUT2D eigenvalue weighted by Crippen LogP contribution is 2.35. The first-order valence-electron chi connectivity index (χ1n) is 8.68. The van der Waals surface area contributed by atoms with Crippen LogP contribution in [0.3, 0.4) is 0 Å². The van der Waals surface area contributed by atoms with Gasteiger partial charge in [0, 0.05) is 19.0 Å². The van der Waals surface area contributed by atoms with Crippen molar-refractivity contribution in [3.05, 3.63) is 18.2 Å². The predicted molar refractivity (Wildman–Crippen MR) is 88.3 cm³/mol. The highest BCUT2D eigenvalue weighted by atomic mass is 16.7. The fourth-order valence-corrected chi connectivity index (χ4v) is 3.18. The number of aliphatic hydroxyl groups is 1. The van der Waals surface area contributed by atoms with Gasteiger partial charge in [-0.1, -0.05) is 19.3 Å². The van der Waals surface area contributed by atoms with E-state index in [0.717, 1.165) is 12.8 Å². The van der Waals surface area contributed by atoms with E-state index in [9.17, 15) is 9.90 Å². The fourth-order valence-electron chi connectivity index (χ4n) is 3.18. The number of fused-ring (bicyclic) bond motifs is 1. The minimum Gasteiger partial charge on any atom is -0.491 e. The summed E-state index contributed by atoms with van der Waals surface area (Å²) in [5, 5.41) is 12.8. The molecule has 6 heteroatoms. The Bertz CT molecular complexity index is 556. The van der Waals surface area contributed by atoms with Crippen molar-refractivity contribution >= 4 is 5.91 Å². The first kappa shape index (κ1) is 16.9. The van der Waals surface area contributed by atoms with Gasteiger partial charge in [0.15, 0.2) is 11.5 Å². The second kappa shape index (κ2) is 8.24. The Balaban J connectivity index is 1.34. The maximum atomic E-state index is 11.9. The van der Waals surface area contributed by atoms with Crippen LogP contribution in [0, 0.1) is 5.92 Å². The average molecular weight is 335 g/mol. The molecule has 1 aromatic rings. The molecular formula is C18H25NO5. The second-order valence-electron chi connectivity index (χ2n) is 6.49. The molecule has 0 aromatic heterocycles. The third-order valence-electron chi connectivity index (χ3n) is 4.52. The number of rotatable bonds is 7. The van der Waals surface area contributed by atoms with Gasteiger partial charge < -0.3 is 24.6 Å². The number of hydrogen-bond donors (Lipinski definition) is 2. The Morgan fingerprint density at radius 1 is 1.25 bits per heavy atom. The lowest BCUT2D eigenvalue weighted by Crippen LogP contribution is -2.36. The molecule has 0 bridgehead atoms. The topological polar surface area (TPSA) is 77.0 Å². The van der Waals surface area contributed by atoms with Gasteiger partial charge in [0.05, 0.1) is 0 Å². The number of nitrogens with one attached hydrogen (secondary N) is 1. The van der Waals surface area contributed by atoms with E-state index in [1.807, 2.05) is 0 Å². The van der Waals surface area contributed by atoms with Gasteiger partial charge in [-0.05, 0) is 30.9 Å². The van der Waals surface area contributed by atoms with Crippen molar-refractivity contribution in [2.45, 2.75) is 44.6 Å². The second-order valence-corrected chi connectivity index (χ2v) is 6.49. The third-order valence-corrected chi connectivity index (χ3v) is 4.52. The Morgan fingerprint density at radius 3 is 2.88 bits per heavy atom. The summed E-state index contributed by atoms with van der Waals surface area (Å²) in [6.45, 7) is 0.536. The number of amides is 1. The van der Waals surface area contributed by atoms with Crippen LogP contribution < -0.4 is 19.5 Å². The van der Waals surface area contributed by atoms with E-state index in [2.05, 4.69) is 5.32 Å². The highest BCUT2D eigenvalue weighted by molar-refractivity contribution is 5.76. The number of hydrogen-bond acceptors (Lipinski definition) is 5. The molecular weight excluding hydrogens is 310 g/mol. The zero-order valence-electron chi connectivity index (χ0n) is 13.8. The molecule has 1 heterocycles. The van der Waals surface area contributed by atoms with Crippen LogP contribution >= 0.6 is 0 Å². The monoisotopic (exact) mass is 335 g/mol. The van der Waals surface area contributed by atoms with E-state index < -0.39 is 6.10 Å². The molecule has 132 valence electrons. The van der Waals surface area contributed by atoms with E-state index in [1.54, 1.807) is 18.2 Å². The van der Waals surface area contributed by atoms with E-state index in [0.29, 0.717) is 29.6 Å². The smallest absolute Gasteiger partial charge is 0.231 e. The van der Waals surface area contributed by atoms with Crippen LogP contribution in [0.2, 0.25) is 0 Å². The molecule has 0 unspecified atom stereocenters. The Kier molecular flexibility index (Phi) is 5.80. The minimum atomic E-state index is -0.745. The summed E-state index contributed by atoms with van der Waals surface area (Å²) in [7, 11) is 0. The lowest BCUT2D eigenvalue weighted by atomic mass is 9.87. The van der Waals surface area contributed by atoms with Crippen LogP contribution in [0.15, 0.2) is 18.2 Å². The summed E-state index contributed by atoms with van der Waals surface area (Å²) in [6, 6.07) is 5.27. The first-order chi connectivity index (χ1) is 11.7. The summed E-state index contributed by atoms with van der Waals surface area (Å²) in [6.07, 6.45) is 5.84. The van der Waals surface area contributed by atoms with E-state index in [1.165, 1.54) is 19.3 Å². The summed E-state index contributed by atoms with van der Waals surface area (Å²) < 4.78 is 16.0. The molecule has 0 saturated heterocycles. The van der Waals surface area contributed by atoms with Gasteiger partial charge in [-0.15, -0.1) is 0 Å². The van der Waals surface area contributed by atoms with Crippen LogP contribution in [0.1, 0.15) is 38.5 Å². The summed E-state index contributed by atoms with van der Waals surface area (Å²) in [5.74, 6) is 2.46. The number of aliphatic hydroxyl groups excluding tert-OH is 1. The van der Waals surface area contributed by atoms with Crippen molar-refractivity contribution in [2.75, 3.05) is 19.9 Å². The van der Waals surface area contributed by atoms with Crippen molar-refractivity contribution < 1.29 is 24.1 Å². The molecule has 1 amide bonds. The molecule has 3 rings (SSSR count). The van der Waals surface area contributed by atoms with Gasteiger partial charge in [-0.25, -0.2) is 0 Å². The molecule has 2 aliphatic rings. The molecule has 1 atom stereocenters. The summed E-state index contributed by atoms with van der Waals surface area (Å²) in [5.41, 5.74) is 0. The predicted octanol–water partition coefficient (Wildman–Crippen LogP) is 2.24. The van der Waals surface area contributed by atoms with Crippen molar-refractivity contribution in [1.82, 2.24) is 5.32 Å². The lowest BCUT2D eigenvalue weighted by molar-refractivity contribution is -0.122. The molecule has 1 fully saturated rings. The highest BCUT2D eigenvalue weighted by Gasteiger charge is 2.18. The quantitative estimate of drug-likeness (QED) is 0.799. The van der Waals surface area contributed by atoms with Gasteiger partial charge in [0.1, 0.15) is 18.5 Å². The van der Waals surface area contributed by atoms with Gasteiger partial charge in [-0.2, -0.15) is 0 Å². The molecule has 0 spiro atoms. The maximum absolute atomic E-state index is 11.9. The Labute approximate surface area is 142 Å². The SMILES string of the molecule is O=C(CC1CCCCC1)NC[C@@H](O)COc1ccc2c(c1)OCO2. The lowest BCUT2D eigenvalue weighted by Gasteiger charge is -2.21. The van der Waals surface area contributed by atoms with E-state index in [-0.39, 0.29) is 25.9 Å². The molecule has 1 aliphatic carbocycles. The van der Waals surface area contributed by atoms with E-state index >= 15 is 0 Å². The van der Waals surface area contributed by atoms with Crippen molar-refractivity contribution in [2.24, 2.45) is 5.92 Å². The maximum Gasteiger partial charge on any atom is 0.231 e. The molecule has 1 saturated carbocycles. The van der Waals surface area contributed by atoms with Crippen LogP contribution in [0.5, 0.6) is 17.2 Å². The van der Waals surface area contributed by atoms with Crippen LogP contribution in [-0.2, 0) is 4.79 Å². The van der Waals surface area contributed by atoms with Gasteiger partial charge in [0.2, 0.25) is 12.7 Å². The van der Waals surface area contributed by atoms with Crippen LogP contribution in [0.4, 0.5) is 0 Å². The van der Waals surface area contributed by atoms with Crippen molar-refractivity contribution in [1.29, 1.82) is 0 Å². The largest absolute Gasteiger partial charge is 0.491 e. The number of ether oxygens (including phenoxy) is 3. The van der Waals surface area contributed by atoms with Gasteiger partial charge >= 0.3 is 0 Å². The molecule has 1 aromatic carbocycles. The van der Waals surface area contributed by atoms with Crippen molar-refractivity contribution in [3.8, 4) is 17.2 Å². The standard InChI is InChI=1S/C18H25NO5/c20-14(10-19-18(21)8-13-4-2-1-3-5-13)11-22-15-6-7-16-17(9-15)24-12-23-16/h6-7,9,13-14,20H,1-5,8,10-12H2,(H,19,21)/t14-/m1/s1. The summed E-state index contributed by atoms with van der Waals surface area (Å²) in [4.78, 5) is 11.9. The molecule has 24 heavy (non-hydrogen) atoms. The first-order valence-corrected chi connectivity index (χ1v) is 8.68. The number of carbonyl (C=O) groups is 1. The molecule has 2 N–H and O–H groups in total. The van der Waals surface area contributed by atoms with Gasteiger partial charge in [-0.3, -0.25) is 4.79 Å². The molecule has 6 nitrogen and oxygen atoms in total. The Morgan fingerprint density at radius 2 is 2.04 bits per heavy atom. The Hall–Kier alpha value is -1.95.